The summed E-state index contributed by atoms with van der Waals surface area (Å²) in [5.74, 6) is 0.986. The van der Waals surface area contributed by atoms with E-state index in [1.165, 1.54) is 12.8 Å². The maximum Gasteiger partial charge on any atom is 0.126 e. The first-order valence-electron chi connectivity index (χ1n) is 5.88. The Morgan fingerprint density at radius 3 is 2.50 bits per heavy atom. The van der Waals surface area contributed by atoms with Crippen LogP contribution in [0.1, 0.15) is 32.4 Å². The van der Waals surface area contributed by atoms with Crippen molar-refractivity contribution in [3.63, 3.8) is 0 Å². The number of thioether (sulfide) groups is 1. The van der Waals surface area contributed by atoms with Crippen LogP contribution in [-0.2, 0) is 0 Å². The van der Waals surface area contributed by atoms with Gasteiger partial charge in [-0.3, -0.25) is 0 Å². The van der Waals surface area contributed by atoms with Crippen molar-refractivity contribution in [3.05, 3.63) is 23.9 Å². The lowest BCUT2D eigenvalue weighted by atomic mass is 10.0. The molecule has 0 aliphatic heterocycles. The lowest BCUT2D eigenvalue weighted by Crippen LogP contribution is -2.32. The highest BCUT2D eigenvalue weighted by atomic mass is 32.2. The van der Waals surface area contributed by atoms with Crippen LogP contribution in [0.2, 0.25) is 0 Å². The number of aromatic nitrogens is 1. The predicted octanol–water partition coefficient (Wildman–Crippen LogP) is 3.72. The number of nitrogens with zero attached hydrogens (tertiary/aromatic N) is 1. The van der Waals surface area contributed by atoms with Crippen molar-refractivity contribution in [1.29, 1.82) is 0 Å². The summed E-state index contributed by atoms with van der Waals surface area (Å²) >= 11 is 1.95. The van der Waals surface area contributed by atoms with Gasteiger partial charge in [-0.1, -0.05) is 19.9 Å². The van der Waals surface area contributed by atoms with E-state index < -0.39 is 0 Å². The second-order valence-corrected chi connectivity index (χ2v) is 5.39. The summed E-state index contributed by atoms with van der Waals surface area (Å²) in [5, 5.41) is 3.45. The van der Waals surface area contributed by atoms with Crippen molar-refractivity contribution in [2.75, 3.05) is 18.1 Å². The van der Waals surface area contributed by atoms with Crippen LogP contribution in [-0.4, -0.2) is 22.5 Å². The minimum absolute atomic E-state index is 0.339. The maximum absolute atomic E-state index is 4.46. The fraction of sp³-hybridized carbons (Fsp3) is 0.615. The molecule has 1 aromatic heterocycles. The third-order valence-electron chi connectivity index (χ3n) is 3.20. The molecule has 1 heterocycles. The molecule has 90 valence electrons. The standard InChI is InChI=1S/C13H22N2S/c1-5-13(6-2,16-4)10-14-12-9-7-8-11(3)15-12/h7-9H,5-6,10H2,1-4H3,(H,14,15). The Morgan fingerprint density at radius 2 is 2.00 bits per heavy atom. The summed E-state index contributed by atoms with van der Waals surface area (Å²) in [6, 6.07) is 6.10. The van der Waals surface area contributed by atoms with E-state index in [1.54, 1.807) is 0 Å². The van der Waals surface area contributed by atoms with E-state index in [-0.39, 0.29) is 0 Å². The summed E-state index contributed by atoms with van der Waals surface area (Å²) < 4.78 is 0.339. The largest absolute Gasteiger partial charge is 0.369 e. The van der Waals surface area contributed by atoms with Gasteiger partial charge < -0.3 is 5.32 Å². The minimum Gasteiger partial charge on any atom is -0.369 e. The van der Waals surface area contributed by atoms with Crippen LogP contribution in [0.15, 0.2) is 18.2 Å². The molecule has 0 atom stereocenters. The molecular weight excluding hydrogens is 216 g/mol. The summed E-state index contributed by atoms with van der Waals surface area (Å²) in [5.41, 5.74) is 1.06. The zero-order valence-electron chi connectivity index (χ0n) is 10.7. The molecule has 0 aliphatic carbocycles. The van der Waals surface area contributed by atoms with Gasteiger partial charge in [0.15, 0.2) is 0 Å². The summed E-state index contributed by atoms with van der Waals surface area (Å²) in [4.78, 5) is 4.46. The molecule has 3 heteroatoms. The lowest BCUT2D eigenvalue weighted by molar-refractivity contribution is 0.574. The van der Waals surface area contributed by atoms with Gasteiger partial charge in [-0.25, -0.2) is 4.98 Å². The van der Waals surface area contributed by atoms with Gasteiger partial charge in [-0.05, 0) is 38.2 Å². The highest BCUT2D eigenvalue weighted by Gasteiger charge is 2.24. The van der Waals surface area contributed by atoms with Gasteiger partial charge in [-0.2, -0.15) is 11.8 Å². The Bertz CT molecular complexity index is 313. The average Bonchev–Trinajstić information content (AvgIpc) is 2.32. The van der Waals surface area contributed by atoms with Crippen LogP contribution in [0.3, 0.4) is 0 Å². The van der Waals surface area contributed by atoms with Gasteiger partial charge in [0.05, 0.1) is 0 Å². The van der Waals surface area contributed by atoms with Crippen LogP contribution >= 0.6 is 11.8 Å². The average molecular weight is 238 g/mol. The molecule has 0 radical (unpaired) electrons. The first-order chi connectivity index (χ1) is 7.65. The van der Waals surface area contributed by atoms with Crippen LogP contribution in [0.25, 0.3) is 0 Å². The molecule has 0 bridgehead atoms. The van der Waals surface area contributed by atoms with Crippen LogP contribution < -0.4 is 5.32 Å². The molecule has 1 rings (SSSR count). The molecule has 0 unspecified atom stereocenters. The number of nitrogens with one attached hydrogen (secondary N) is 1. The lowest BCUT2D eigenvalue weighted by Gasteiger charge is -2.30. The van der Waals surface area contributed by atoms with Crippen molar-refractivity contribution in [3.8, 4) is 0 Å². The first-order valence-corrected chi connectivity index (χ1v) is 7.11. The Morgan fingerprint density at radius 1 is 1.31 bits per heavy atom. The van der Waals surface area contributed by atoms with Gasteiger partial charge in [0.25, 0.3) is 0 Å². The zero-order chi connectivity index (χ0) is 12.0. The Hall–Kier alpha value is -0.700. The summed E-state index contributed by atoms with van der Waals surface area (Å²) in [6.07, 6.45) is 4.56. The fourth-order valence-electron chi connectivity index (χ4n) is 1.75. The quantitative estimate of drug-likeness (QED) is 0.817. The SMILES string of the molecule is CCC(CC)(CNc1cccc(C)n1)SC. The molecule has 0 aliphatic rings. The smallest absolute Gasteiger partial charge is 0.126 e. The van der Waals surface area contributed by atoms with E-state index in [1.807, 2.05) is 36.9 Å². The highest BCUT2D eigenvalue weighted by molar-refractivity contribution is 8.00. The fourth-order valence-corrected chi connectivity index (χ4v) is 2.55. The van der Waals surface area contributed by atoms with E-state index in [0.717, 1.165) is 18.1 Å². The first kappa shape index (κ1) is 13.4. The molecule has 1 aromatic rings. The van der Waals surface area contributed by atoms with E-state index >= 15 is 0 Å². The van der Waals surface area contributed by atoms with Crippen molar-refractivity contribution < 1.29 is 0 Å². The van der Waals surface area contributed by atoms with Crippen LogP contribution in [0.5, 0.6) is 0 Å². The Balaban J connectivity index is 2.62. The van der Waals surface area contributed by atoms with Gasteiger partial charge in [0.1, 0.15) is 5.82 Å². The number of hydrogen-bond donors (Lipinski definition) is 1. The van der Waals surface area contributed by atoms with Gasteiger partial charge in [0.2, 0.25) is 0 Å². The van der Waals surface area contributed by atoms with Crippen molar-refractivity contribution in [2.24, 2.45) is 0 Å². The van der Waals surface area contributed by atoms with Crippen molar-refractivity contribution >= 4 is 17.6 Å². The molecule has 0 aromatic carbocycles. The monoisotopic (exact) mass is 238 g/mol. The Labute approximate surface area is 103 Å². The number of rotatable bonds is 6. The van der Waals surface area contributed by atoms with Gasteiger partial charge in [0, 0.05) is 17.0 Å². The number of hydrogen-bond acceptors (Lipinski definition) is 3. The molecule has 1 N–H and O–H groups in total. The maximum atomic E-state index is 4.46. The molecule has 0 spiro atoms. The predicted molar refractivity (Wildman–Crippen MR) is 74.3 cm³/mol. The molecule has 0 amide bonds. The molecule has 16 heavy (non-hydrogen) atoms. The normalized spacial score (nSPS) is 11.5. The van der Waals surface area contributed by atoms with Gasteiger partial charge in [-0.15, -0.1) is 0 Å². The summed E-state index contributed by atoms with van der Waals surface area (Å²) in [7, 11) is 0. The molecule has 2 nitrogen and oxygen atoms in total. The molecule has 0 saturated heterocycles. The van der Waals surface area contributed by atoms with Crippen LogP contribution in [0, 0.1) is 6.92 Å². The third kappa shape index (κ3) is 3.41. The van der Waals surface area contributed by atoms with E-state index in [9.17, 15) is 0 Å². The molecule has 0 fully saturated rings. The zero-order valence-corrected chi connectivity index (χ0v) is 11.5. The second kappa shape index (κ2) is 6.14. The van der Waals surface area contributed by atoms with Crippen molar-refractivity contribution in [2.45, 2.75) is 38.4 Å². The number of pyridine rings is 1. The topological polar surface area (TPSA) is 24.9 Å². The van der Waals surface area contributed by atoms with Gasteiger partial charge >= 0.3 is 0 Å². The van der Waals surface area contributed by atoms with Crippen molar-refractivity contribution in [1.82, 2.24) is 4.98 Å². The Kier molecular flexibility index (Phi) is 5.13. The van der Waals surface area contributed by atoms with Crippen LogP contribution in [0.4, 0.5) is 5.82 Å². The van der Waals surface area contributed by atoms with E-state index in [0.29, 0.717) is 4.75 Å². The molecular formula is C13H22N2S. The van der Waals surface area contributed by atoms with E-state index in [2.05, 4.69) is 30.4 Å². The highest BCUT2D eigenvalue weighted by Crippen LogP contribution is 2.30. The summed E-state index contributed by atoms with van der Waals surface area (Å²) in [6.45, 7) is 7.51. The molecule has 0 saturated carbocycles. The second-order valence-electron chi connectivity index (χ2n) is 4.11. The minimum atomic E-state index is 0.339. The van der Waals surface area contributed by atoms with E-state index in [4.69, 9.17) is 0 Å². The number of aryl methyl sites for hydroxylation is 1. The third-order valence-corrected chi connectivity index (χ3v) is 4.79. The number of anilines is 1.